The van der Waals surface area contributed by atoms with E-state index in [0.29, 0.717) is 33.2 Å². The van der Waals surface area contributed by atoms with Crippen molar-refractivity contribution in [3.8, 4) is 22.9 Å². The minimum absolute atomic E-state index is 0.269. The summed E-state index contributed by atoms with van der Waals surface area (Å²) >= 11 is 1.13. The fourth-order valence-corrected chi connectivity index (χ4v) is 4.04. The van der Waals surface area contributed by atoms with Gasteiger partial charge in [-0.1, -0.05) is 30.0 Å². The number of para-hydroxylation sites is 1. The molecule has 2 aromatic carbocycles. The van der Waals surface area contributed by atoms with E-state index in [1.54, 1.807) is 32.0 Å². The van der Waals surface area contributed by atoms with Gasteiger partial charge in [0.05, 0.1) is 39.0 Å². The molecule has 1 aromatic heterocycles. The van der Waals surface area contributed by atoms with Gasteiger partial charge >= 0.3 is 5.97 Å². The summed E-state index contributed by atoms with van der Waals surface area (Å²) in [7, 11) is 4.43. The molecule has 0 fully saturated rings. The van der Waals surface area contributed by atoms with Crippen molar-refractivity contribution in [1.82, 2.24) is 9.55 Å². The lowest BCUT2D eigenvalue weighted by Crippen LogP contribution is -2.24. The van der Waals surface area contributed by atoms with Gasteiger partial charge in [-0.2, -0.15) is 0 Å². The van der Waals surface area contributed by atoms with Crippen LogP contribution in [0.25, 0.3) is 16.6 Å². The molecule has 164 valence electrons. The van der Waals surface area contributed by atoms with Gasteiger partial charge in [0.25, 0.3) is 5.56 Å². The molecule has 0 spiro atoms. The van der Waals surface area contributed by atoms with Crippen molar-refractivity contribution in [1.29, 1.82) is 0 Å². The van der Waals surface area contributed by atoms with Crippen LogP contribution in [-0.2, 0) is 9.53 Å². The molecular weight excluding hydrogens is 420 g/mol. The Labute approximate surface area is 184 Å². The molecule has 1 heterocycles. The summed E-state index contributed by atoms with van der Waals surface area (Å²) in [5, 5.41) is 0.0478. The first kappa shape index (κ1) is 22.5. The Morgan fingerprint density at radius 1 is 1.10 bits per heavy atom. The normalized spacial score (nSPS) is 11.8. The monoisotopic (exact) mass is 444 g/mol. The Balaban J connectivity index is 2.34. The Bertz CT molecular complexity index is 1150. The summed E-state index contributed by atoms with van der Waals surface area (Å²) in [6.07, 6.45) is 0. The van der Waals surface area contributed by atoms with E-state index in [2.05, 4.69) is 0 Å². The first-order chi connectivity index (χ1) is 15.0. The third-order valence-corrected chi connectivity index (χ3v) is 5.58. The van der Waals surface area contributed by atoms with E-state index in [9.17, 15) is 9.59 Å². The summed E-state index contributed by atoms with van der Waals surface area (Å²) in [5.41, 5.74) is 0.610. The summed E-state index contributed by atoms with van der Waals surface area (Å²) in [4.78, 5) is 30.5. The molecule has 9 heteroatoms. The van der Waals surface area contributed by atoms with E-state index in [-0.39, 0.29) is 23.9 Å². The van der Waals surface area contributed by atoms with Gasteiger partial charge < -0.3 is 18.9 Å². The zero-order chi connectivity index (χ0) is 22.5. The Kier molecular flexibility index (Phi) is 7.06. The molecule has 1 atom stereocenters. The number of carbonyl (C=O) groups is 1. The molecule has 0 aliphatic heterocycles. The number of esters is 1. The maximum atomic E-state index is 13.6. The van der Waals surface area contributed by atoms with Gasteiger partial charge in [0.15, 0.2) is 16.7 Å². The summed E-state index contributed by atoms with van der Waals surface area (Å²) in [6.45, 7) is 3.72. The Hall–Kier alpha value is -3.20. The van der Waals surface area contributed by atoms with Gasteiger partial charge in [-0.15, -0.1) is 0 Å². The van der Waals surface area contributed by atoms with Crippen LogP contribution in [0, 0.1) is 0 Å². The highest BCUT2D eigenvalue weighted by Gasteiger charge is 2.25. The zero-order valence-electron chi connectivity index (χ0n) is 18.0. The third kappa shape index (κ3) is 4.32. The van der Waals surface area contributed by atoms with Gasteiger partial charge in [0, 0.05) is 0 Å². The Morgan fingerprint density at radius 2 is 1.77 bits per heavy atom. The number of methoxy groups -OCH3 is 3. The van der Waals surface area contributed by atoms with Crippen LogP contribution in [0.4, 0.5) is 0 Å². The number of aromatic nitrogens is 2. The lowest BCUT2D eigenvalue weighted by molar-refractivity contribution is -0.142. The number of hydrogen-bond acceptors (Lipinski definition) is 8. The quantitative estimate of drug-likeness (QED) is 0.297. The number of benzene rings is 2. The molecule has 0 aliphatic rings. The van der Waals surface area contributed by atoms with Crippen LogP contribution in [0.2, 0.25) is 0 Å². The SMILES string of the molecule is CCOC(=O)C(C)Sc1nc2c(OC)c(OC)c(OC)cc2c(=O)n1-c1ccccc1. The number of nitrogens with zero attached hydrogens (tertiary/aromatic N) is 2. The molecule has 3 aromatic rings. The second-order valence-electron chi connectivity index (χ2n) is 6.42. The van der Waals surface area contributed by atoms with Crippen LogP contribution < -0.4 is 19.8 Å². The number of rotatable bonds is 8. The van der Waals surface area contributed by atoms with Gasteiger partial charge in [0.2, 0.25) is 5.75 Å². The topological polar surface area (TPSA) is 88.9 Å². The molecule has 31 heavy (non-hydrogen) atoms. The van der Waals surface area contributed by atoms with Crippen molar-refractivity contribution in [2.75, 3.05) is 27.9 Å². The van der Waals surface area contributed by atoms with Crippen molar-refractivity contribution >= 4 is 28.6 Å². The molecular formula is C22H24N2O6S. The molecule has 0 bridgehead atoms. The fraction of sp³-hybridized carbons (Fsp3) is 0.318. The molecule has 0 radical (unpaired) electrons. The molecule has 0 saturated carbocycles. The predicted octanol–water partition coefficient (Wildman–Crippen LogP) is 3.46. The van der Waals surface area contributed by atoms with E-state index in [4.69, 9.17) is 23.9 Å². The average Bonchev–Trinajstić information content (AvgIpc) is 2.78. The van der Waals surface area contributed by atoms with E-state index in [1.807, 2.05) is 18.2 Å². The number of hydrogen-bond donors (Lipinski definition) is 0. The summed E-state index contributed by atoms with van der Waals surface area (Å²) in [5.74, 6) is 0.572. The molecule has 0 amide bonds. The molecule has 8 nitrogen and oxygen atoms in total. The van der Waals surface area contributed by atoms with Crippen molar-refractivity contribution in [2.45, 2.75) is 24.3 Å². The lowest BCUT2D eigenvalue weighted by Gasteiger charge is -2.18. The van der Waals surface area contributed by atoms with Gasteiger partial charge in [-0.05, 0) is 32.0 Å². The molecule has 1 unspecified atom stereocenters. The highest BCUT2D eigenvalue weighted by atomic mass is 32.2. The van der Waals surface area contributed by atoms with Gasteiger partial charge in [-0.25, -0.2) is 4.98 Å². The molecule has 0 aliphatic carbocycles. The summed E-state index contributed by atoms with van der Waals surface area (Å²) in [6, 6.07) is 10.7. The van der Waals surface area contributed by atoms with Crippen molar-refractivity contribution in [2.24, 2.45) is 0 Å². The van der Waals surface area contributed by atoms with Crippen LogP contribution in [0.15, 0.2) is 46.3 Å². The zero-order valence-corrected chi connectivity index (χ0v) is 18.8. The highest BCUT2D eigenvalue weighted by molar-refractivity contribution is 8.00. The van der Waals surface area contributed by atoms with Gasteiger partial charge in [-0.3, -0.25) is 14.2 Å². The first-order valence-electron chi connectivity index (χ1n) is 9.61. The minimum Gasteiger partial charge on any atom is -0.493 e. The number of carbonyl (C=O) groups excluding carboxylic acids is 1. The average molecular weight is 445 g/mol. The number of fused-ring (bicyclic) bond motifs is 1. The highest BCUT2D eigenvalue weighted by Crippen LogP contribution is 2.42. The van der Waals surface area contributed by atoms with Crippen molar-refractivity contribution in [3.05, 3.63) is 46.8 Å². The molecule has 0 N–H and O–H groups in total. The second kappa shape index (κ2) is 9.74. The van der Waals surface area contributed by atoms with E-state index >= 15 is 0 Å². The standard InChI is InChI=1S/C22H24N2O6S/c1-6-30-21(26)13(2)31-22-23-17-15(12-16(27-3)18(28-4)19(17)29-5)20(25)24(22)14-10-8-7-9-11-14/h7-13H,6H2,1-5H3. The maximum Gasteiger partial charge on any atom is 0.319 e. The maximum absolute atomic E-state index is 13.6. The van der Waals surface area contributed by atoms with E-state index < -0.39 is 5.25 Å². The van der Waals surface area contributed by atoms with Crippen molar-refractivity contribution < 1.29 is 23.7 Å². The van der Waals surface area contributed by atoms with Crippen LogP contribution in [0.3, 0.4) is 0 Å². The fourth-order valence-electron chi connectivity index (χ4n) is 3.12. The largest absolute Gasteiger partial charge is 0.493 e. The third-order valence-electron chi connectivity index (χ3n) is 4.55. The smallest absolute Gasteiger partial charge is 0.319 e. The summed E-state index contributed by atoms with van der Waals surface area (Å²) < 4.78 is 22.9. The van der Waals surface area contributed by atoms with Crippen LogP contribution in [-0.4, -0.2) is 48.7 Å². The number of ether oxygens (including phenoxy) is 4. The second-order valence-corrected chi connectivity index (χ2v) is 7.73. The first-order valence-corrected chi connectivity index (χ1v) is 10.5. The lowest BCUT2D eigenvalue weighted by atomic mass is 10.2. The Morgan fingerprint density at radius 3 is 2.35 bits per heavy atom. The van der Waals surface area contributed by atoms with Crippen LogP contribution >= 0.6 is 11.8 Å². The molecule has 0 saturated heterocycles. The van der Waals surface area contributed by atoms with Gasteiger partial charge in [0.1, 0.15) is 10.8 Å². The van der Waals surface area contributed by atoms with Crippen LogP contribution in [0.1, 0.15) is 13.8 Å². The number of thioether (sulfide) groups is 1. The predicted molar refractivity (Wildman–Crippen MR) is 119 cm³/mol. The molecule has 3 rings (SSSR count). The minimum atomic E-state index is -0.578. The van der Waals surface area contributed by atoms with E-state index in [0.717, 1.165) is 11.8 Å². The van der Waals surface area contributed by atoms with Crippen LogP contribution in [0.5, 0.6) is 17.2 Å². The van der Waals surface area contributed by atoms with E-state index in [1.165, 1.54) is 25.9 Å². The van der Waals surface area contributed by atoms with Crippen molar-refractivity contribution in [3.63, 3.8) is 0 Å².